The summed E-state index contributed by atoms with van der Waals surface area (Å²) in [4.78, 5) is 17.3. The molecule has 1 N–H and O–H groups in total. The number of halogens is 2. The van der Waals surface area contributed by atoms with Crippen LogP contribution in [-0.4, -0.2) is 20.5 Å². The molecule has 0 aliphatic carbocycles. The van der Waals surface area contributed by atoms with Crippen molar-refractivity contribution in [1.82, 2.24) is 14.7 Å². The van der Waals surface area contributed by atoms with Crippen molar-refractivity contribution in [2.75, 3.05) is 10.5 Å². The van der Waals surface area contributed by atoms with Gasteiger partial charge in [-0.3, -0.25) is 4.79 Å². The van der Waals surface area contributed by atoms with Crippen LogP contribution in [0, 0.1) is 25.5 Å². The van der Waals surface area contributed by atoms with Gasteiger partial charge in [0, 0.05) is 47.1 Å². The van der Waals surface area contributed by atoms with E-state index >= 15 is 0 Å². The number of nitrogens with zero attached hydrogens (tertiary/aromatic N) is 3. The number of fused-ring (bicyclic) bond motifs is 1. The van der Waals surface area contributed by atoms with E-state index in [-0.39, 0.29) is 11.2 Å². The molecule has 5 rings (SSSR count). The van der Waals surface area contributed by atoms with Crippen LogP contribution in [0.15, 0.2) is 70.1 Å². The fraction of sp³-hybridized carbons (Fsp3) is 0.148. The molecule has 0 aliphatic rings. The molecule has 3 aromatic carbocycles. The van der Waals surface area contributed by atoms with E-state index in [1.54, 1.807) is 54.9 Å². The van der Waals surface area contributed by atoms with Crippen molar-refractivity contribution in [3.05, 3.63) is 94.1 Å². The summed E-state index contributed by atoms with van der Waals surface area (Å²) in [7, 11) is 0. The van der Waals surface area contributed by atoms with Crippen molar-refractivity contribution in [2.45, 2.75) is 20.8 Å². The average Bonchev–Trinajstić information content (AvgIpc) is 3.33. The lowest BCUT2D eigenvalue weighted by Crippen LogP contribution is -2.12. The molecule has 0 bridgehead atoms. The average molecular weight is 521 g/mol. The second kappa shape index (κ2) is 10.1. The molecule has 10 heteroatoms. The van der Waals surface area contributed by atoms with E-state index in [2.05, 4.69) is 14.9 Å². The molecule has 0 saturated heterocycles. The first-order valence-corrected chi connectivity index (χ1v) is 12.4. The first-order valence-electron chi connectivity index (χ1n) is 11.5. The predicted molar refractivity (Wildman–Crippen MR) is 140 cm³/mol. The van der Waals surface area contributed by atoms with E-state index in [9.17, 15) is 13.6 Å². The second-order valence-electron chi connectivity index (χ2n) is 8.27. The minimum Gasteiger partial charge on any atom is -0.452 e. The Labute approximate surface area is 215 Å². The van der Waals surface area contributed by atoms with E-state index in [0.717, 1.165) is 23.6 Å². The van der Waals surface area contributed by atoms with Crippen LogP contribution in [0.25, 0.3) is 28.0 Å². The molecule has 0 aliphatic heterocycles. The van der Waals surface area contributed by atoms with Crippen LogP contribution < -0.4 is 14.9 Å². The number of nitrogens with one attached hydrogen (secondary N) is 1. The van der Waals surface area contributed by atoms with Crippen molar-refractivity contribution in [2.24, 2.45) is 0 Å². The van der Waals surface area contributed by atoms with Gasteiger partial charge < -0.3 is 18.5 Å². The van der Waals surface area contributed by atoms with Crippen molar-refractivity contribution in [3.8, 4) is 28.6 Å². The lowest BCUT2D eigenvalue weighted by Gasteiger charge is -2.19. The summed E-state index contributed by atoms with van der Waals surface area (Å²) in [6.07, 6.45) is 1.70. The first-order chi connectivity index (χ1) is 17.8. The van der Waals surface area contributed by atoms with Crippen LogP contribution in [-0.2, 0) is 0 Å². The highest BCUT2D eigenvalue weighted by Gasteiger charge is 2.17. The quantitative estimate of drug-likeness (QED) is 0.236. The highest BCUT2D eigenvalue weighted by molar-refractivity contribution is 8.00. The molecule has 0 spiro atoms. The van der Waals surface area contributed by atoms with Crippen LogP contribution in [0.4, 0.5) is 14.5 Å². The Balaban J connectivity index is 1.74. The molecule has 2 aromatic heterocycles. The van der Waals surface area contributed by atoms with E-state index in [1.807, 2.05) is 13.0 Å². The number of anilines is 1. The molecular weight excluding hydrogens is 498 g/mol. The monoisotopic (exact) mass is 520 g/mol. The van der Waals surface area contributed by atoms with Gasteiger partial charge in [0.2, 0.25) is 11.7 Å². The Bertz CT molecular complexity index is 1680. The lowest BCUT2D eigenvalue weighted by atomic mass is 10.1. The number of hydrogen-bond acceptors (Lipinski definition) is 7. The Morgan fingerprint density at radius 1 is 1.05 bits per heavy atom. The number of pyridine rings is 1. The zero-order chi connectivity index (χ0) is 26.1. The minimum absolute atomic E-state index is 0.120. The van der Waals surface area contributed by atoms with Crippen molar-refractivity contribution in [1.29, 1.82) is 0 Å². The van der Waals surface area contributed by atoms with Gasteiger partial charge in [0.25, 0.3) is 0 Å². The number of benzene rings is 3. The molecule has 2 heterocycles. The maximum absolute atomic E-state index is 14.5. The van der Waals surface area contributed by atoms with E-state index in [1.165, 1.54) is 18.0 Å². The summed E-state index contributed by atoms with van der Waals surface area (Å²) >= 11 is 1.51. The van der Waals surface area contributed by atoms with Gasteiger partial charge >= 0.3 is 0 Å². The van der Waals surface area contributed by atoms with Crippen LogP contribution in [0.2, 0.25) is 0 Å². The molecular formula is C27H22F2N4O3S. The van der Waals surface area contributed by atoms with Crippen LogP contribution in [0.5, 0.6) is 11.5 Å². The molecule has 37 heavy (non-hydrogen) atoms. The van der Waals surface area contributed by atoms with E-state index in [0.29, 0.717) is 45.2 Å². The van der Waals surface area contributed by atoms with Gasteiger partial charge in [-0.25, -0.2) is 8.78 Å². The highest BCUT2D eigenvalue weighted by Crippen LogP contribution is 2.35. The third kappa shape index (κ3) is 4.92. The second-order valence-corrected chi connectivity index (χ2v) is 9.34. The largest absolute Gasteiger partial charge is 0.452 e. The normalized spacial score (nSPS) is 11.2. The van der Waals surface area contributed by atoms with Gasteiger partial charge in [0.15, 0.2) is 22.7 Å². The summed E-state index contributed by atoms with van der Waals surface area (Å²) in [5.41, 5.74) is 2.94. The molecule has 0 fully saturated rings. The topological polar surface area (TPSA) is 82.2 Å². The zero-order valence-corrected chi connectivity index (χ0v) is 21.0. The van der Waals surface area contributed by atoms with Crippen LogP contribution in [0.3, 0.4) is 0 Å². The van der Waals surface area contributed by atoms with Gasteiger partial charge in [-0.1, -0.05) is 30.1 Å². The van der Waals surface area contributed by atoms with Crippen molar-refractivity contribution < 1.29 is 18.0 Å². The Kier molecular flexibility index (Phi) is 6.66. The summed E-state index contributed by atoms with van der Waals surface area (Å²) in [5, 5.41) is 4.47. The van der Waals surface area contributed by atoms with Crippen molar-refractivity contribution in [3.63, 3.8) is 0 Å². The third-order valence-electron chi connectivity index (χ3n) is 5.64. The number of aromatic nitrogens is 3. The summed E-state index contributed by atoms with van der Waals surface area (Å²) in [5.74, 6) is 0.290. The van der Waals surface area contributed by atoms with E-state index < -0.39 is 11.6 Å². The van der Waals surface area contributed by atoms with Gasteiger partial charge in [-0.2, -0.15) is 4.98 Å². The van der Waals surface area contributed by atoms with Gasteiger partial charge in [0.05, 0.1) is 11.2 Å². The third-order valence-corrected chi connectivity index (χ3v) is 6.30. The Morgan fingerprint density at radius 3 is 2.59 bits per heavy atom. The van der Waals surface area contributed by atoms with Gasteiger partial charge in [0.1, 0.15) is 5.82 Å². The van der Waals surface area contributed by atoms with E-state index in [4.69, 9.17) is 9.26 Å². The lowest BCUT2D eigenvalue weighted by molar-refractivity contribution is 0.394. The number of rotatable bonds is 7. The maximum atomic E-state index is 14.5. The van der Waals surface area contributed by atoms with Crippen molar-refractivity contribution >= 4 is 28.5 Å². The minimum atomic E-state index is -0.828. The molecule has 0 unspecified atom stereocenters. The van der Waals surface area contributed by atoms with Crippen LogP contribution in [0.1, 0.15) is 18.4 Å². The maximum Gasteiger partial charge on any atom is 0.223 e. The van der Waals surface area contributed by atoms with Crippen LogP contribution >= 0.6 is 11.9 Å². The highest BCUT2D eigenvalue weighted by atomic mass is 32.2. The number of hydrogen-bond donors (Lipinski definition) is 1. The molecule has 0 saturated carbocycles. The zero-order valence-electron chi connectivity index (χ0n) is 20.2. The molecule has 0 amide bonds. The first kappa shape index (κ1) is 24.5. The molecule has 0 radical (unpaired) electrons. The summed E-state index contributed by atoms with van der Waals surface area (Å²) in [6, 6.07) is 13.7. The molecule has 188 valence electrons. The molecule has 0 atom stereocenters. The molecule has 5 aromatic rings. The molecule has 7 nitrogen and oxygen atoms in total. The Morgan fingerprint density at radius 2 is 1.86 bits per heavy atom. The summed E-state index contributed by atoms with van der Waals surface area (Å²) < 4.78 is 44.1. The van der Waals surface area contributed by atoms with Gasteiger partial charge in [-0.15, -0.1) is 0 Å². The van der Waals surface area contributed by atoms with Gasteiger partial charge in [-0.05, 0) is 49.4 Å². The number of ether oxygens (including phenoxy) is 1. The SMILES string of the molecule is CCSNc1ccc(Oc2ccc(F)cc2F)c(-n2cc(C)c(=O)c3ccc(-c4noc(C)n4)cc32)c1. The predicted octanol–water partition coefficient (Wildman–Crippen LogP) is 6.81. The smallest absolute Gasteiger partial charge is 0.223 e. The number of aryl methyl sites for hydroxylation is 2. The fourth-order valence-electron chi connectivity index (χ4n) is 3.90. The summed E-state index contributed by atoms with van der Waals surface area (Å²) in [6.45, 7) is 5.44. The Hall–Kier alpha value is -4.18. The fourth-order valence-corrected chi connectivity index (χ4v) is 4.34. The standard InChI is InChI=1S/C27H22F2N4O3S/c1-4-37-32-19-7-10-25(35-24-9-6-18(28)12-21(24)29)23(13-19)33-14-15(2)26(34)20-8-5-17(11-22(20)33)27-30-16(3)36-31-27/h5-14,32H,4H2,1-3H3.